The summed E-state index contributed by atoms with van der Waals surface area (Å²) in [6.07, 6.45) is 0. The number of anilines is 1. The molecule has 3 aromatic carbocycles. The number of hydrogen-bond donors (Lipinski definition) is 2. The summed E-state index contributed by atoms with van der Waals surface area (Å²) < 4.78 is 51.2. The first-order valence-electron chi connectivity index (χ1n) is 9.71. The number of hydrogen-bond acceptors (Lipinski definition) is 5. The molecule has 0 aliphatic heterocycles. The molecular weight excluding hydrogens is 435 g/mol. The van der Waals surface area contributed by atoms with Crippen molar-refractivity contribution in [2.75, 3.05) is 18.4 Å². The van der Waals surface area contributed by atoms with Gasteiger partial charge in [-0.05, 0) is 61.0 Å². The predicted molar refractivity (Wildman–Crippen MR) is 119 cm³/mol. The minimum atomic E-state index is -3.80. The molecule has 0 fully saturated rings. The molecular formula is C23H23FN2O5S. The van der Waals surface area contributed by atoms with Crippen molar-refractivity contribution >= 4 is 21.6 Å². The Hall–Kier alpha value is -3.59. The standard InChI is InChI=1S/C23H23FN2O5S/c1-16(17-6-8-18(24)9-7-17)25-23(27)15-31-20-10-12-22(13-11-20)32(28,29)26-19-4-3-5-21(14-19)30-2/h3-14,16,26H,15H2,1-2H3,(H,25,27)/t16-/m1/s1. The number of rotatable bonds is 9. The van der Waals surface area contributed by atoms with E-state index in [2.05, 4.69) is 10.0 Å². The first-order valence-corrected chi connectivity index (χ1v) is 11.2. The highest BCUT2D eigenvalue weighted by Crippen LogP contribution is 2.22. The molecule has 0 aliphatic rings. The zero-order chi connectivity index (χ0) is 23.1. The average Bonchev–Trinajstić information content (AvgIpc) is 2.78. The van der Waals surface area contributed by atoms with E-state index in [9.17, 15) is 17.6 Å². The monoisotopic (exact) mass is 458 g/mol. The molecule has 0 aliphatic carbocycles. The van der Waals surface area contributed by atoms with Crippen molar-refractivity contribution < 1.29 is 27.1 Å². The van der Waals surface area contributed by atoms with Crippen LogP contribution in [0.5, 0.6) is 11.5 Å². The van der Waals surface area contributed by atoms with E-state index < -0.39 is 10.0 Å². The van der Waals surface area contributed by atoms with Crippen molar-refractivity contribution in [3.05, 3.63) is 84.2 Å². The summed E-state index contributed by atoms with van der Waals surface area (Å²) in [5.41, 5.74) is 1.13. The normalized spacial score (nSPS) is 12.0. The van der Waals surface area contributed by atoms with Crippen LogP contribution in [-0.4, -0.2) is 28.0 Å². The Balaban J connectivity index is 1.55. The lowest BCUT2D eigenvalue weighted by Crippen LogP contribution is -2.31. The van der Waals surface area contributed by atoms with Crippen molar-refractivity contribution in [2.24, 2.45) is 0 Å². The van der Waals surface area contributed by atoms with Crippen LogP contribution in [0.2, 0.25) is 0 Å². The third-order valence-corrected chi connectivity index (χ3v) is 5.97. The topological polar surface area (TPSA) is 93.7 Å². The van der Waals surface area contributed by atoms with Gasteiger partial charge in [0.25, 0.3) is 15.9 Å². The highest BCUT2D eigenvalue weighted by Gasteiger charge is 2.15. The third kappa shape index (κ3) is 6.21. The SMILES string of the molecule is COc1cccc(NS(=O)(=O)c2ccc(OCC(=O)N[C@H](C)c3ccc(F)cc3)cc2)c1. The van der Waals surface area contributed by atoms with Crippen LogP contribution in [-0.2, 0) is 14.8 Å². The van der Waals surface area contributed by atoms with E-state index in [1.165, 1.54) is 43.5 Å². The van der Waals surface area contributed by atoms with Crippen LogP contribution < -0.4 is 19.5 Å². The lowest BCUT2D eigenvalue weighted by molar-refractivity contribution is -0.123. The fraction of sp³-hybridized carbons (Fsp3) is 0.174. The second-order valence-electron chi connectivity index (χ2n) is 6.94. The smallest absolute Gasteiger partial charge is 0.261 e. The van der Waals surface area contributed by atoms with Crippen LogP contribution in [0, 0.1) is 5.82 Å². The summed E-state index contributed by atoms with van der Waals surface area (Å²) in [6, 6.07) is 17.8. The van der Waals surface area contributed by atoms with Gasteiger partial charge in [0.2, 0.25) is 0 Å². The molecule has 0 saturated carbocycles. The minimum Gasteiger partial charge on any atom is -0.497 e. The Morgan fingerprint density at radius 1 is 1.00 bits per heavy atom. The molecule has 0 spiro atoms. The molecule has 168 valence electrons. The molecule has 2 N–H and O–H groups in total. The third-order valence-electron chi connectivity index (χ3n) is 4.57. The molecule has 1 amide bonds. The molecule has 0 heterocycles. The van der Waals surface area contributed by atoms with E-state index in [1.807, 2.05) is 0 Å². The number of nitrogens with one attached hydrogen (secondary N) is 2. The number of halogens is 1. The quantitative estimate of drug-likeness (QED) is 0.507. The van der Waals surface area contributed by atoms with Gasteiger partial charge in [-0.1, -0.05) is 18.2 Å². The second-order valence-corrected chi connectivity index (χ2v) is 8.62. The molecule has 7 nitrogen and oxygen atoms in total. The van der Waals surface area contributed by atoms with Crippen LogP contribution >= 0.6 is 0 Å². The van der Waals surface area contributed by atoms with Gasteiger partial charge >= 0.3 is 0 Å². The van der Waals surface area contributed by atoms with Crippen LogP contribution in [0.4, 0.5) is 10.1 Å². The Kier molecular flexibility index (Phi) is 7.32. The lowest BCUT2D eigenvalue weighted by atomic mass is 10.1. The maximum absolute atomic E-state index is 13.0. The molecule has 0 bridgehead atoms. The van der Waals surface area contributed by atoms with Gasteiger partial charge in [0.05, 0.1) is 23.7 Å². The summed E-state index contributed by atoms with van der Waals surface area (Å²) >= 11 is 0. The van der Waals surface area contributed by atoms with E-state index in [0.29, 0.717) is 17.2 Å². The van der Waals surface area contributed by atoms with E-state index in [-0.39, 0.29) is 29.3 Å². The predicted octanol–water partition coefficient (Wildman–Crippen LogP) is 3.89. The van der Waals surface area contributed by atoms with Crippen molar-refractivity contribution in [2.45, 2.75) is 17.9 Å². The summed E-state index contributed by atoms with van der Waals surface area (Å²) in [4.78, 5) is 12.2. The van der Waals surface area contributed by atoms with Crippen molar-refractivity contribution in [1.29, 1.82) is 0 Å². The minimum absolute atomic E-state index is 0.0436. The van der Waals surface area contributed by atoms with Crippen molar-refractivity contribution in [1.82, 2.24) is 5.32 Å². The van der Waals surface area contributed by atoms with Crippen LogP contribution in [0.15, 0.2) is 77.7 Å². The summed E-state index contributed by atoms with van der Waals surface area (Å²) in [7, 11) is -2.31. The molecule has 0 aromatic heterocycles. The maximum Gasteiger partial charge on any atom is 0.261 e. The Morgan fingerprint density at radius 2 is 1.69 bits per heavy atom. The molecule has 0 saturated heterocycles. The van der Waals surface area contributed by atoms with Crippen molar-refractivity contribution in [3.63, 3.8) is 0 Å². The first kappa shape index (κ1) is 23.1. The number of carbonyl (C=O) groups excluding carboxylic acids is 1. The van der Waals surface area contributed by atoms with Crippen LogP contribution in [0.1, 0.15) is 18.5 Å². The Bertz CT molecular complexity index is 1170. The van der Waals surface area contributed by atoms with Gasteiger partial charge in [-0.15, -0.1) is 0 Å². The molecule has 0 radical (unpaired) electrons. The first-order chi connectivity index (χ1) is 15.3. The van der Waals surface area contributed by atoms with Crippen molar-refractivity contribution in [3.8, 4) is 11.5 Å². The van der Waals surface area contributed by atoms with Gasteiger partial charge in [-0.2, -0.15) is 0 Å². The van der Waals surface area contributed by atoms with E-state index in [4.69, 9.17) is 9.47 Å². The lowest BCUT2D eigenvalue weighted by Gasteiger charge is -2.15. The Labute approximate surface area is 186 Å². The molecule has 1 atom stereocenters. The molecule has 0 unspecified atom stereocenters. The number of carbonyl (C=O) groups is 1. The molecule has 3 rings (SSSR count). The maximum atomic E-state index is 13.0. The molecule has 9 heteroatoms. The highest BCUT2D eigenvalue weighted by atomic mass is 32.2. The zero-order valence-corrected chi connectivity index (χ0v) is 18.4. The van der Waals surface area contributed by atoms with Gasteiger partial charge < -0.3 is 14.8 Å². The van der Waals surface area contributed by atoms with E-state index in [0.717, 1.165) is 5.56 Å². The zero-order valence-electron chi connectivity index (χ0n) is 17.5. The Morgan fingerprint density at radius 3 is 2.34 bits per heavy atom. The van der Waals surface area contributed by atoms with E-state index in [1.54, 1.807) is 43.3 Å². The number of methoxy groups -OCH3 is 1. The highest BCUT2D eigenvalue weighted by molar-refractivity contribution is 7.92. The fourth-order valence-electron chi connectivity index (χ4n) is 2.88. The van der Waals surface area contributed by atoms with Gasteiger partial charge in [0.1, 0.15) is 17.3 Å². The van der Waals surface area contributed by atoms with Gasteiger partial charge in [-0.25, -0.2) is 12.8 Å². The summed E-state index contributed by atoms with van der Waals surface area (Å²) in [6.45, 7) is 1.53. The van der Waals surface area contributed by atoms with E-state index >= 15 is 0 Å². The number of benzene rings is 3. The number of sulfonamides is 1. The second kappa shape index (κ2) is 10.1. The fourth-order valence-corrected chi connectivity index (χ4v) is 3.93. The molecule has 32 heavy (non-hydrogen) atoms. The summed E-state index contributed by atoms with van der Waals surface area (Å²) in [5, 5.41) is 2.76. The van der Waals surface area contributed by atoms with Gasteiger partial charge in [-0.3, -0.25) is 9.52 Å². The van der Waals surface area contributed by atoms with Crippen LogP contribution in [0.3, 0.4) is 0 Å². The number of ether oxygens (including phenoxy) is 2. The largest absolute Gasteiger partial charge is 0.497 e. The average molecular weight is 459 g/mol. The van der Waals surface area contributed by atoms with Crippen LogP contribution in [0.25, 0.3) is 0 Å². The summed E-state index contributed by atoms with van der Waals surface area (Å²) in [5.74, 6) is 0.161. The molecule has 3 aromatic rings. The number of amides is 1. The van der Waals surface area contributed by atoms with Gasteiger partial charge in [0, 0.05) is 6.07 Å². The van der Waals surface area contributed by atoms with Gasteiger partial charge in [0.15, 0.2) is 6.61 Å².